The Morgan fingerprint density at radius 2 is 2.07 bits per heavy atom. The third-order valence-electron chi connectivity index (χ3n) is 3.96. The molecule has 0 saturated carbocycles. The van der Waals surface area contributed by atoms with Gasteiger partial charge in [0.1, 0.15) is 0 Å². The maximum atomic E-state index is 2.53. The Morgan fingerprint density at radius 3 is 2.93 bits per heavy atom. The zero-order valence-electron chi connectivity index (χ0n) is 9.15. The van der Waals surface area contributed by atoms with Crippen molar-refractivity contribution in [2.45, 2.75) is 31.2 Å². The lowest BCUT2D eigenvalue weighted by Gasteiger charge is -2.42. The molecule has 1 heterocycles. The zero-order chi connectivity index (χ0) is 9.54. The van der Waals surface area contributed by atoms with Crippen molar-refractivity contribution in [1.29, 1.82) is 0 Å². The minimum Gasteiger partial charge on any atom is -0.303 e. The van der Waals surface area contributed by atoms with Gasteiger partial charge in [0.25, 0.3) is 0 Å². The Labute approximate surface area is 97.9 Å². The average molecular weight is 224 g/mol. The fourth-order valence-corrected chi connectivity index (χ4v) is 3.06. The van der Waals surface area contributed by atoms with E-state index in [-0.39, 0.29) is 12.4 Å². The molecule has 0 radical (unpaired) electrons. The smallest absolute Gasteiger partial charge is 0.0138 e. The summed E-state index contributed by atoms with van der Waals surface area (Å²) in [6.45, 7) is 1.28. The van der Waals surface area contributed by atoms with Crippen molar-refractivity contribution in [2.24, 2.45) is 0 Å². The third-order valence-corrected chi connectivity index (χ3v) is 3.96. The maximum Gasteiger partial charge on any atom is 0.0138 e. The summed E-state index contributed by atoms with van der Waals surface area (Å²) in [5.41, 5.74) is 3.23. The first kappa shape index (κ1) is 11.0. The van der Waals surface area contributed by atoms with Crippen LogP contribution < -0.4 is 0 Å². The number of hydrogen-bond acceptors (Lipinski definition) is 1. The number of likely N-dealkylation sites (N-methyl/N-ethyl adjacent to an activating group) is 1. The van der Waals surface area contributed by atoms with Crippen LogP contribution >= 0.6 is 12.4 Å². The van der Waals surface area contributed by atoms with Gasteiger partial charge in [-0.3, -0.25) is 0 Å². The van der Waals surface area contributed by atoms with Crippen LogP contribution in [-0.4, -0.2) is 24.5 Å². The van der Waals surface area contributed by atoms with Gasteiger partial charge in [-0.1, -0.05) is 24.3 Å². The van der Waals surface area contributed by atoms with Crippen LogP contribution in [0.15, 0.2) is 24.3 Å². The van der Waals surface area contributed by atoms with Crippen molar-refractivity contribution in [3.05, 3.63) is 35.4 Å². The van der Waals surface area contributed by atoms with E-state index in [0.717, 1.165) is 12.0 Å². The molecule has 0 N–H and O–H groups in total. The molecular weight excluding hydrogens is 206 g/mol. The van der Waals surface area contributed by atoms with Crippen LogP contribution in [0.3, 0.4) is 0 Å². The van der Waals surface area contributed by atoms with Gasteiger partial charge < -0.3 is 4.90 Å². The number of hydrogen-bond donors (Lipinski definition) is 0. The van der Waals surface area contributed by atoms with Gasteiger partial charge >= 0.3 is 0 Å². The lowest BCUT2D eigenvalue weighted by molar-refractivity contribution is 0.157. The second-order valence-corrected chi connectivity index (χ2v) is 4.76. The molecule has 2 aliphatic rings. The molecule has 2 atom stereocenters. The molecule has 2 heteroatoms. The van der Waals surface area contributed by atoms with Crippen LogP contribution in [0.2, 0.25) is 0 Å². The minimum absolute atomic E-state index is 0. The second kappa shape index (κ2) is 4.15. The van der Waals surface area contributed by atoms with Crippen LogP contribution in [0.5, 0.6) is 0 Å². The maximum absolute atomic E-state index is 2.53. The Morgan fingerprint density at radius 1 is 1.27 bits per heavy atom. The van der Waals surface area contributed by atoms with Crippen LogP contribution in [-0.2, 0) is 6.42 Å². The summed E-state index contributed by atoms with van der Waals surface area (Å²) in [5.74, 6) is 0.848. The van der Waals surface area contributed by atoms with Crippen LogP contribution in [0.4, 0.5) is 0 Å². The largest absolute Gasteiger partial charge is 0.303 e. The highest BCUT2D eigenvalue weighted by atomic mass is 35.5. The summed E-state index contributed by atoms with van der Waals surface area (Å²) in [6.07, 6.45) is 4.00. The molecule has 1 aromatic carbocycles. The van der Waals surface area contributed by atoms with E-state index < -0.39 is 0 Å². The highest BCUT2D eigenvalue weighted by Crippen LogP contribution is 2.38. The van der Waals surface area contributed by atoms with Crippen molar-refractivity contribution < 1.29 is 0 Å². The van der Waals surface area contributed by atoms with Crippen molar-refractivity contribution in [1.82, 2.24) is 4.90 Å². The molecule has 1 nitrogen and oxygen atoms in total. The van der Waals surface area contributed by atoms with Gasteiger partial charge in [-0.05, 0) is 49.9 Å². The van der Waals surface area contributed by atoms with Gasteiger partial charge in [-0.25, -0.2) is 0 Å². The Balaban J connectivity index is 0.000000853. The second-order valence-electron chi connectivity index (χ2n) is 4.76. The molecule has 1 aromatic rings. The van der Waals surface area contributed by atoms with Gasteiger partial charge in [-0.2, -0.15) is 0 Å². The van der Waals surface area contributed by atoms with E-state index in [2.05, 4.69) is 36.2 Å². The first-order valence-corrected chi connectivity index (χ1v) is 5.62. The lowest BCUT2D eigenvalue weighted by atomic mass is 9.75. The van der Waals surface area contributed by atoms with Crippen molar-refractivity contribution in [3.63, 3.8) is 0 Å². The number of benzene rings is 1. The average Bonchev–Trinajstić information content (AvgIpc) is 2.24. The molecule has 1 saturated heterocycles. The monoisotopic (exact) mass is 223 g/mol. The number of halogens is 1. The molecule has 1 aliphatic carbocycles. The van der Waals surface area contributed by atoms with Gasteiger partial charge in [0.05, 0.1) is 0 Å². The summed E-state index contributed by atoms with van der Waals surface area (Å²) in [4.78, 5) is 2.53. The predicted molar refractivity (Wildman–Crippen MR) is 65.8 cm³/mol. The topological polar surface area (TPSA) is 3.24 Å². The summed E-state index contributed by atoms with van der Waals surface area (Å²) in [6, 6.07) is 9.83. The van der Waals surface area contributed by atoms with Gasteiger partial charge in [0.15, 0.2) is 0 Å². The fourth-order valence-electron chi connectivity index (χ4n) is 3.06. The van der Waals surface area contributed by atoms with Gasteiger partial charge in [0, 0.05) is 6.04 Å². The van der Waals surface area contributed by atoms with Gasteiger partial charge in [-0.15, -0.1) is 12.4 Å². The zero-order valence-corrected chi connectivity index (χ0v) is 9.96. The molecular formula is C13H18ClN. The molecule has 15 heavy (non-hydrogen) atoms. The highest BCUT2D eigenvalue weighted by Gasteiger charge is 2.32. The molecule has 1 fully saturated rings. The summed E-state index contributed by atoms with van der Waals surface area (Å²) < 4.78 is 0. The van der Waals surface area contributed by atoms with E-state index in [1.807, 2.05) is 0 Å². The molecule has 2 unspecified atom stereocenters. The van der Waals surface area contributed by atoms with Crippen LogP contribution in [0, 0.1) is 0 Å². The number of piperidine rings is 1. The predicted octanol–water partition coefficient (Wildman–Crippen LogP) is 2.84. The quantitative estimate of drug-likeness (QED) is 0.654. The molecule has 1 aliphatic heterocycles. The third kappa shape index (κ3) is 1.79. The highest BCUT2D eigenvalue weighted by molar-refractivity contribution is 5.85. The van der Waals surface area contributed by atoms with Crippen molar-refractivity contribution in [3.8, 4) is 0 Å². The first-order valence-electron chi connectivity index (χ1n) is 5.62. The van der Waals surface area contributed by atoms with E-state index in [0.29, 0.717) is 0 Å². The number of rotatable bonds is 0. The minimum atomic E-state index is 0. The van der Waals surface area contributed by atoms with E-state index in [4.69, 9.17) is 0 Å². The summed E-state index contributed by atoms with van der Waals surface area (Å²) >= 11 is 0. The van der Waals surface area contributed by atoms with Crippen LogP contribution in [0.1, 0.15) is 29.9 Å². The van der Waals surface area contributed by atoms with E-state index in [9.17, 15) is 0 Å². The van der Waals surface area contributed by atoms with E-state index in [1.54, 1.807) is 11.1 Å². The normalized spacial score (nSPS) is 29.1. The molecule has 0 spiro atoms. The number of fused-ring (bicyclic) bond motifs is 4. The number of likely N-dealkylation sites (tertiary alicyclic amines) is 1. The van der Waals surface area contributed by atoms with E-state index in [1.165, 1.54) is 25.8 Å². The molecule has 82 valence electrons. The van der Waals surface area contributed by atoms with Crippen molar-refractivity contribution >= 4 is 12.4 Å². The SMILES string of the molecule is CN1CCC2CC1Cc1ccccc12.Cl. The molecule has 0 aromatic heterocycles. The Bertz CT molecular complexity index is 350. The van der Waals surface area contributed by atoms with Crippen molar-refractivity contribution in [2.75, 3.05) is 13.6 Å². The van der Waals surface area contributed by atoms with Gasteiger partial charge in [0.2, 0.25) is 0 Å². The lowest BCUT2D eigenvalue weighted by Crippen LogP contribution is -2.43. The van der Waals surface area contributed by atoms with E-state index >= 15 is 0 Å². The summed E-state index contributed by atoms with van der Waals surface area (Å²) in [5, 5.41) is 0. The molecule has 2 bridgehead atoms. The first-order chi connectivity index (χ1) is 6.84. The Kier molecular flexibility index (Phi) is 3.03. The Hall–Kier alpha value is -0.530. The fraction of sp³-hybridized carbons (Fsp3) is 0.538. The van der Waals surface area contributed by atoms with Crippen LogP contribution in [0.25, 0.3) is 0 Å². The number of nitrogens with zero attached hydrogens (tertiary/aromatic N) is 1. The molecule has 3 rings (SSSR count). The molecule has 0 amide bonds. The standard InChI is InChI=1S/C13H17N.ClH/c1-14-7-6-11-9-12(14)8-10-4-2-3-5-13(10)11;/h2-5,11-12H,6-9H2,1H3;1H. The summed E-state index contributed by atoms with van der Waals surface area (Å²) in [7, 11) is 2.27.